The fourth-order valence-electron chi connectivity index (χ4n) is 3.64. The second-order valence-corrected chi connectivity index (χ2v) is 12.1. The summed E-state index contributed by atoms with van der Waals surface area (Å²) < 4.78 is 23.4. The second kappa shape index (κ2) is 6.76. The summed E-state index contributed by atoms with van der Waals surface area (Å²) in [4.78, 5) is 0. The van der Waals surface area contributed by atoms with E-state index in [2.05, 4.69) is 6.92 Å². The molecule has 2 atom stereocenters. The quantitative estimate of drug-likeness (QED) is 0.265. The SMILES string of the molecule is CC1C(c2ccccc2)OP2(N(C)C)(Oc3c(Cl)c(Cl)c(Cl)c(Cl)c3O2)N1C. The fourth-order valence-corrected chi connectivity index (χ4v) is 8.64. The molecule has 2 aromatic carbocycles. The van der Waals surface area contributed by atoms with Crippen LogP contribution in [0.2, 0.25) is 20.1 Å². The van der Waals surface area contributed by atoms with E-state index < -0.39 is 7.59 Å². The first-order valence-electron chi connectivity index (χ1n) is 8.56. The Labute approximate surface area is 184 Å². The molecule has 0 amide bonds. The van der Waals surface area contributed by atoms with Crippen molar-refractivity contribution in [2.24, 2.45) is 0 Å². The van der Waals surface area contributed by atoms with Crippen LogP contribution in [0.1, 0.15) is 18.6 Å². The van der Waals surface area contributed by atoms with Crippen LogP contribution < -0.4 is 9.05 Å². The van der Waals surface area contributed by atoms with Crippen molar-refractivity contribution >= 4 is 54.0 Å². The van der Waals surface area contributed by atoms with Gasteiger partial charge in [0, 0.05) is 0 Å². The summed E-state index contributed by atoms with van der Waals surface area (Å²) in [6.07, 6.45) is -0.288. The molecule has 0 bridgehead atoms. The Hall–Kier alpha value is -0.490. The number of likely N-dealkylation sites (N-methyl/N-ethyl adjacent to an activating group) is 1. The Balaban J connectivity index is 1.90. The molecule has 0 N–H and O–H groups in total. The standard InChI is InChI=1S/C18H19Cl4N2O3P/c1-10-16(11-8-6-5-7-9-11)25-28(23(2)3,24(10)4)26-17-14(21)12(19)13(20)15(22)18(17)27-28/h5-10,16H,1-4H3. The van der Waals surface area contributed by atoms with Gasteiger partial charge in [-0.25, -0.2) is 0 Å². The molecule has 1 spiro atoms. The number of rotatable bonds is 2. The Morgan fingerprint density at radius 2 is 1.39 bits per heavy atom. The van der Waals surface area contributed by atoms with E-state index in [0.29, 0.717) is 0 Å². The van der Waals surface area contributed by atoms with Gasteiger partial charge < -0.3 is 0 Å². The van der Waals surface area contributed by atoms with E-state index in [-0.39, 0.29) is 43.7 Å². The summed E-state index contributed by atoms with van der Waals surface area (Å²) >= 11 is 25.3. The van der Waals surface area contributed by atoms with Crippen LogP contribution in [0.15, 0.2) is 30.3 Å². The van der Waals surface area contributed by atoms with Gasteiger partial charge in [-0.1, -0.05) is 0 Å². The number of hydrogen-bond acceptors (Lipinski definition) is 5. The van der Waals surface area contributed by atoms with E-state index in [1.807, 2.05) is 60.8 Å². The maximum atomic E-state index is 6.68. The van der Waals surface area contributed by atoms with Gasteiger partial charge in [-0.15, -0.1) is 0 Å². The molecule has 1 saturated heterocycles. The Morgan fingerprint density at radius 1 is 0.893 bits per heavy atom. The Kier molecular flexibility index (Phi) is 5.02. The van der Waals surface area contributed by atoms with Crippen LogP contribution >= 0.6 is 54.0 Å². The van der Waals surface area contributed by atoms with E-state index in [1.165, 1.54) is 0 Å². The Morgan fingerprint density at radius 3 is 1.86 bits per heavy atom. The van der Waals surface area contributed by atoms with E-state index in [4.69, 9.17) is 60.0 Å². The second-order valence-electron chi connectivity index (χ2n) is 7.00. The zero-order valence-corrected chi connectivity index (χ0v) is 19.5. The molecule has 0 saturated carbocycles. The third-order valence-electron chi connectivity index (χ3n) is 5.32. The molecule has 28 heavy (non-hydrogen) atoms. The molecule has 152 valence electrons. The summed E-state index contributed by atoms with van der Waals surface area (Å²) in [7, 11) is 1.54. The van der Waals surface area contributed by atoms with Crippen molar-refractivity contribution in [1.82, 2.24) is 9.34 Å². The molecule has 2 heterocycles. The van der Waals surface area contributed by atoms with Crippen LogP contribution in [0.25, 0.3) is 0 Å². The zero-order chi connectivity index (χ0) is 20.5. The molecule has 0 aromatic heterocycles. The minimum absolute atomic E-state index is 0.0553. The van der Waals surface area contributed by atoms with Crippen molar-refractivity contribution in [3.63, 3.8) is 0 Å². The van der Waals surface area contributed by atoms with Crippen LogP contribution in [0, 0.1) is 0 Å². The first-order chi connectivity index (χ1) is 13.1. The van der Waals surface area contributed by atoms with Crippen molar-refractivity contribution in [2.45, 2.75) is 19.1 Å². The average molecular weight is 484 g/mol. The predicted molar refractivity (Wildman–Crippen MR) is 116 cm³/mol. The molecule has 1 fully saturated rings. The van der Waals surface area contributed by atoms with Crippen molar-refractivity contribution in [3.05, 3.63) is 56.0 Å². The van der Waals surface area contributed by atoms with E-state index in [9.17, 15) is 0 Å². The minimum atomic E-state index is -4.05. The molecule has 10 heteroatoms. The van der Waals surface area contributed by atoms with Gasteiger partial charge in [0.25, 0.3) is 0 Å². The Bertz CT molecular complexity index is 923. The van der Waals surface area contributed by atoms with Crippen LogP contribution in [0.4, 0.5) is 0 Å². The van der Waals surface area contributed by atoms with E-state index >= 15 is 0 Å². The number of halogens is 4. The molecule has 0 radical (unpaired) electrons. The van der Waals surface area contributed by atoms with Gasteiger partial charge in [0.15, 0.2) is 0 Å². The maximum absolute atomic E-state index is 6.68. The monoisotopic (exact) mass is 482 g/mol. The van der Waals surface area contributed by atoms with Gasteiger partial charge in [0.05, 0.1) is 0 Å². The number of fused-ring (bicyclic) bond motifs is 1. The van der Waals surface area contributed by atoms with Crippen molar-refractivity contribution in [1.29, 1.82) is 0 Å². The summed E-state index contributed by atoms with van der Waals surface area (Å²) in [5, 5.41) is 0.509. The van der Waals surface area contributed by atoms with Crippen molar-refractivity contribution in [2.75, 3.05) is 21.1 Å². The molecule has 2 aromatic rings. The topological polar surface area (TPSA) is 34.2 Å². The fraction of sp³-hybridized carbons (Fsp3) is 0.333. The van der Waals surface area contributed by atoms with E-state index in [1.54, 1.807) is 0 Å². The molecule has 2 unspecified atom stereocenters. The van der Waals surface area contributed by atoms with Crippen LogP contribution in [0.5, 0.6) is 11.5 Å². The third kappa shape index (κ3) is 2.55. The number of nitrogens with zero attached hydrogens (tertiary/aromatic N) is 2. The molecular weight excluding hydrogens is 465 g/mol. The predicted octanol–water partition coefficient (Wildman–Crippen LogP) is 6.85. The van der Waals surface area contributed by atoms with Gasteiger partial charge in [0.2, 0.25) is 0 Å². The van der Waals surface area contributed by atoms with Gasteiger partial charge in [-0.05, 0) is 0 Å². The van der Waals surface area contributed by atoms with Gasteiger partial charge in [0.1, 0.15) is 0 Å². The molecule has 2 aliphatic rings. The van der Waals surface area contributed by atoms with Crippen LogP contribution in [-0.4, -0.2) is 36.5 Å². The number of benzene rings is 2. The average Bonchev–Trinajstić information content (AvgIpc) is 3.17. The molecule has 0 aliphatic carbocycles. The summed E-state index contributed by atoms with van der Waals surface area (Å²) in [6.45, 7) is 2.06. The zero-order valence-electron chi connectivity index (χ0n) is 15.6. The van der Waals surface area contributed by atoms with E-state index in [0.717, 1.165) is 5.56 Å². The molecule has 4 rings (SSSR count). The number of hydrogen-bond donors (Lipinski definition) is 0. The van der Waals surface area contributed by atoms with Crippen molar-refractivity contribution < 1.29 is 13.6 Å². The van der Waals surface area contributed by atoms with Gasteiger partial charge in [-0.3, -0.25) is 0 Å². The molecule has 5 nitrogen and oxygen atoms in total. The van der Waals surface area contributed by atoms with Gasteiger partial charge >= 0.3 is 185 Å². The summed E-state index contributed by atoms with van der Waals surface area (Å²) in [6, 6.07) is 9.87. The summed E-state index contributed by atoms with van der Waals surface area (Å²) in [5.41, 5.74) is 1.02. The molecular formula is C18H19Cl4N2O3P. The third-order valence-corrected chi connectivity index (χ3v) is 11.4. The molecule has 2 aliphatic heterocycles. The normalized spacial score (nSPS) is 26.5. The first-order valence-corrected chi connectivity index (χ1v) is 12.0. The van der Waals surface area contributed by atoms with Crippen LogP contribution in [-0.2, 0) is 4.52 Å². The van der Waals surface area contributed by atoms with Crippen LogP contribution in [0.3, 0.4) is 0 Å². The van der Waals surface area contributed by atoms with Gasteiger partial charge in [-0.2, -0.15) is 0 Å². The summed E-state index contributed by atoms with van der Waals surface area (Å²) in [5.74, 6) is 0.473. The first kappa shape index (κ1) is 20.8. The van der Waals surface area contributed by atoms with Crippen molar-refractivity contribution in [3.8, 4) is 11.5 Å².